The topological polar surface area (TPSA) is 119 Å². The fourth-order valence-electron chi connectivity index (χ4n) is 2.09. The Labute approximate surface area is 144 Å². The van der Waals surface area contributed by atoms with Crippen LogP contribution in [-0.4, -0.2) is 28.9 Å². The first-order valence-corrected chi connectivity index (χ1v) is 7.60. The lowest BCUT2D eigenvalue weighted by Crippen LogP contribution is -2.44. The van der Waals surface area contributed by atoms with Gasteiger partial charge < -0.3 is 20.9 Å². The summed E-state index contributed by atoms with van der Waals surface area (Å²) < 4.78 is 5.63. The minimum Gasteiger partial charge on any atom is -0.481 e. The van der Waals surface area contributed by atoms with Gasteiger partial charge >= 0.3 is 5.97 Å². The number of para-hydroxylation sites is 1. The number of rotatable bonds is 8. The van der Waals surface area contributed by atoms with Crippen molar-refractivity contribution in [1.82, 2.24) is 5.32 Å². The summed E-state index contributed by atoms with van der Waals surface area (Å²) in [7, 11) is 0. The van der Waals surface area contributed by atoms with E-state index in [0.717, 1.165) is 0 Å². The van der Waals surface area contributed by atoms with Gasteiger partial charge in [0.15, 0.2) is 0 Å². The number of amides is 2. The van der Waals surface area contributed by atoms with Gasteiger partial charge in [0, 0.05) is 12.0 Å². The van der Waals surface area contributed by atoms with Crippen molar-refractivity contribution in [2.24, 2.45) is 5.73 Å². The van der Waals surface area contributed by atoms with E-state index in [1.54, 1.807) is 36.4 Å². The Morgan fingerprint density at radius 1 is 1.00 bits per heavy atom. The van der Waals surface area contributed by atoms with Crippen LogP contribution in [0.2, 0.25) is 0 Å². The van der Waals surface area contributed by atoms with Crippen molar-refractivity contribution >= 4 is 17.8 Å². The molecule has 0 aliphatic heterocycles. The highest BCUT2D eigenvalue weighted by molar-refractivity contribution is 5.97. The molecule has 0 saturated heterocycles. The van der Waals surface area contributed by atoms with E-state index in [4.69, 9.17) is 15.6 Å². The van der Waals surface area contributed by atoms with Crippen LogP contribution in [0.15, 0.2) is 54.6 Å². The molecule has 2 amide bonds. The summed E-state index contributed by atoms with van der Waals surface area (Å²) in [5.41, 5.74) is 5.50. The van der Waals surface area contributed by atoms with Crippen molar-refractivity contribution in [1.29, 1.82) is 0 Å². The molecule has 0 saturated carbocycles. The molecular formula is C18H18N2O5. The highest BCUT2D eigenvalue weighted by Gasteiger charge is 2.20. The second-order valence-electron chi connectivity index (χ2n) is 5.30. The van der Waals surface area contributed by atoms with E-state index in [-0.39, 0.29) is 12.8 Å². The number of ether oxygens (including phenoxy) is 1. The van der Waals surface area contributed by atoms with E-state index in [2.05, 4.69) is 5.32 Å². The molecule has 0 fully saturated rings. The van der Waals surface area contributed by atoms with Crippen molar-refractivity contribution in [3.63, 3.8) is 0 Å². The van der Waals surface area contributed by atoms with Crippen molar-refractivity contribution in [2.45, 2.75) is 18.9 Å². The molecule has 25 heavy (non-hydrogen) atoms. The molecule has 0 aliphatic rings. The van der Waals surface area contributed by atoms with E-state index >= 15 is 0 Å². The minimum absolute atomic E-state index is 0.0639. The van der Waals surface area contributed by atoms with Crippen molar-refractivity contribution in [3.05, 3.63) is 60.2 Å². The van der Waals surface area contributed by atoms with E-state index in [1.165, 1.54) is 0 Å². The number of primary amides is 1. The zero-order valence-corrected chi connectivity index (χ0v) is 13.3. The maximum atomic E-state index is 12.2. The number of carboxylic acids is 1. The average molecular weight is 342 g/mol. The number of nitrogens with two attached hydrogens (primary N) is 1. The first kappa shape index (κ1) is 18.0. The largest absolute Gasteiger partial charge is 0.481 e. The van der Waals surface area contributed by atoms with Crippen molar-refractivity contribution in [2.75, 3.05) is 0 Å². The lowest BCUT2D eigenvalue weighted by atomic mass is 10.1. The van der Waals surface area contributed by atoms with Gasteiger partial charge in [-0.1, -0.05) is 18.2 Å². The fraction of sp³-hybridized carbons (Fsp3) is 0.167. The summed E-state index contributed by atoms with van der Waals surface area (Å²) in [5, 5.41) is 11.1. The molecule has 2 rings (SSSR count). The first-order valence-electron chi connectivity index (χ1n) is 7.60. The number of hydrogen-bond donors (Lipinski definition) is 3. The number of nitrogens with one attached hydrogen (secondary N) is 1. The van der Waals surface area contributed by atoms with Gasteiger partial charge in [0.05, 0.1) is 0 Å². The van der Waals surface area contributed by atoms with Crippen LogP contribution in [0.3, 0.4) is 0 Å². The van der Waals surface area contributed by atoms with Crippen LogP contribution >= 0.6 is 0 Å². The highest BCUT2D eigenvalue weighted by atomic mass is 16.5. The van der Waals surface area contributed by atoms with Crippen LogP contribution in [0, 0.1) is 0 Å². The third-order valence-electron chi connectivity index (χ3n) is 3.39. The second kappa shape index (κ2) is 8.49. The highest BCUT2D eigenvalue weighted by Crippen LogP contribution is 2.21. The average Bonchev–Trinajstić information content (AvgIpc) is 2.59. The monoisotopic (exact) mass is 342 g/mol. The van der Waals surface area contributed by atoms with E-state index in [0.29, 0.717) is 17.1 Å². The van der Waals surface area contributed by atoms with E-state index in [1.807, 2.05) is 18.2 Å². The van der Waals surface area contributed by atoms with Gasteiger partial charge in [-0.3, -0.25) is 14.4 Å². The Morgan fingerprint density at radius 3 is 2.16 bits per heavy atom. The Morgan fingerprint density at radius 2 is 1.60 bits per heavy atom. The summed E-state index contributed by atoms with van der Waals surface area (Å²) in [6.07, 6.45) is -0.330. The fourth-order valence-corrected chi connectivity index (χ4v) is 2.09. The van der Waals surface area contributed by atoms with E-state index < -0.39 is 23.8 Å². The van der Waals surface area contributed by atoms with E-state index in [9.17, 15) is 14.4 Å². The molecule has 0 heterocycles. The Kier molecular flexibility index (Phi) is 6.11. The normalized spacial score (nSPS) is 11.4. The molecule has 0 bridgehead atoms. The first-order chi connectivity index (χ1) is 12.0. The molecule has 2 aromatic rings. The predicted octanol–water partition coefficient (Wildman–Crippen LogP) is 1.93. The molecule has 0 aliphatic carbocycles. The van der Waals surface area contributed by atoms with Crippen LogP contribution in [0.5, 0.6) is 11.5 Å². The van der Waals surface area contributed by atoms with Crippen LogP contribution < -0.4 is 15.8 Å². The lowest BCUT2D eigenvalue weighted by Gasteiger charge is -2.14. The molecule has 0 unspecified atom stereocenters. The van der Waals surface area contributed by atoms with Crippen LogP contribution in [-0.2, 0) is 9.59 Å². The summed E-state index contributed by atoms with van der Waals surface area (Å²) in [6.45, 7) is 0. The molecule has 0 radical (unpaired) electrons. The van der Waals surface area contributed by atoms with Crippen molar-refractivity contribution in [3.8, 4) is 11.5 Å². The van der Waals surface area contributed by atoms with Crippen LogP contribution in [0.1, 0.15) is 23.2 Å². The maximum Gasteiger partial charge on any atom is 0.303 e. The minimum atomic E-state index is -1.07. The molecule has 1 atom stereocenters. The number of aliphatic carboxylic acids is 1. The lowest BCUT2D eigenvalue weighted by molar-refractivity contribution is -0.137. The summed E-state index contributed by atoms with van der Waals surface area (Å²) >= 11 is 0. The SMILES string of the molecule is NC(=O)[C@H](CCC(=O)O)NC(=O)c1ccc(Oc2ccccc2)cc1. The maximum absolute atomic E-state index is 12.2. The molecule has 7 nitrogen and oxygen atoms in total. The van der Waals surface area contributed by atoms with Crippen LogP contribution in [0.25, 0.3) is 0 Å². The predicted molar refractivity (Wildman–Crippen MR) is 90.3 cm³/mol. The quantitative estimate of drug-likeness (QED) is 0.677. The summed E-state index contributed by atoms with van der Waals surface area (Å²) in [6, 6.07) is 14.5. The Hall–Kier alpha value is -3.35. The smallest absolute Gasteiger partial charge is 0.303 e. The molecule has 7 heteroatoms. The third-order valence-corrected chi connectivity index (χ3v) is 3.39. The summed E-state index contributed by atoms with van der Waals surface area (Å²) in [5.74, 6) is -1.13. The number of carboxylic acid groups (broad SMARTS) is 1. The van der Waals surface area contributed by atoms with Gasteiger partial charge in [-0.2, -0.15) is 0 Å². The standard InChI is InChI=1S/C18H18N2O5/c19-17(23)15(10-11-16(21)22)20-18(24)12-6-8-14(9-7-12)25-13-4-2-1-3-5-13/h1-9,15H,10-11H2,(H2,19,23)(H,20,24)(H,21,22)/t15-/m0/s1. The molecule has 2 aromatic carbocycles. The zero-order valence-electron chi connectivity index (χ0n) is 13.3. The van der Waals surface area contributed by atoms with Gasteiger partial charge in [0.1, 0.15) is 17.5 Å². The number of hydrogen-bond acceptors (Lipinski definition) is 4. The third kappa shape index (κ3) is 5.65. The van der Waals surface area contributed by atoms with Crippen molar-refractivity contribution < 1.29 is 24.2 Å². The van der Waals surface area contributed by atoms with Gasteiger partial charge in [-0.25, -0.2) is 0 Å². The molecule has 0 aromatic heterocycles. The Bertz CT molecular complexity index is 744. The second-order valence-corrected chi connectivity index (χ2v) is 5.30. The molecule has 130 valence electrons. The van der Waals surface area contributed by atoms with Gasteiger partial charge in [-0.15, -0.1) is 0 Å². The Balaban J connectivity index is 1.99. The molecule has 0 spiro atoms. The summed E-state index contributed by atoms with van der Waals surface area (Å²) in [4.78, 5) is 34.1. The van der Waals surface area contributed by atoms with Crippen LogP contribution in [0.4, 0.5) is 0 Å². The van der Waals surface area contributed by atoms with Gasteiger partial charge in [0.2, 0.25) is 5.91 Å². The number of carbonyl (C=O) groups is 3. The molecule has 4 N–H and O–H groups in total. The zero-order chi connectivity index (χ0) is 18.2. The van der Waals surface area contributed by atoms with Gasteiger partial charge in [0.25, 0.3) is 5.91 Å². The molecular weight excluding hydrogens is 324 g/mol. The van der Waals surface area contributed by atoms with Gasteiger partial charge in [-0.05, 0) is 42.8 Å². The number of carbonyl (C=O) groups excluding carboxylic acids is 2. The number of benzene rings is 2.